The van der Waals surface area contributed by atoms with Crippen LogP contribution in [0.1, 0.15) is 17.4 Å². The molecule has 0 amide bonds. The predicted molar refractivity (Wildman–Crippen MR) is 85.8 cm³/mol. The maximum Gasteiger partial charge on any atom is 0.134 e. The maximum atomic E-state index is 13.3. The third kappa shape index (κ3) is 3.17. The molecule has 1 aromatic heterocycles. The van der Waals surface area contributed by atoms with Crippen LogP contribution in [0.5, 0.6) is 0 Å². The summed E-state index contributed by atoms with van der Waals surface area (Å²) in [6.45, 7) is 0. The normalized spacial score (nSPS) is 12.7. The Morgan fingerprint density at radius 3 is 2.81 bits per heavy atom. The Labute approximate surface area is 131 Å². The molecule has 0 aliphatic heterocycles. The van der Waals surface area contributed by atoms with Gasteiger partial charge in [-0.05, 0) is 55.4 Å². The molecule has 1 atom stereocenters. The van der Waals surface area contributed by atoms with E-state index in [1.54, 1.807) is 6.07 Å². The van der Waals surface area contributed by atoms with Gasteiger partial charge in [0.1, 0.15) is 17.2 Å². The first-order chi connectivity index (χ1) is 10.2. The van der Waals surface area contributed by atoms with E-state index >= 15 is 0 Å². The Balaban J connectivity index is 1.90. The molecule has 0 saturated heterocycles. The molecule has 1 N–H and O–H groups in total. The molecule has 21 heavy (non-hydrogen) atoms. The number of rotatable bonds is 4. The molecule has 0 radical (unpaired) electrons. The van der Waals surface area contributed by atoms with Crippen molar-refractivity contribution >= 4 is 26.9 Å². The number of likely N-dealkylation sites (N-methyl/N-ethyl adjacent to an activating group) is 1. The van der Waals surface area contributed by atoms with Gasteiger partial charge in [0, 0.05) is 9.86 Å². The number of nitrogens with one attached hydrogen (secondary N) is 1. The minimum Gasteiger partial charge on any atom is -0.459 e. The van der Waals surface area contributed by atoms with E-state index in [2.05, 4.69) is 33.4 Å². The van der Waals surface area contributed by atoms with E-state index in [0.717, 1.165) is 22.0 Å². The highest BCUT2D eigenvalue weighted by Crippen LogP contribution is 2.27. The first kappa shape index (κ1) is 14.3. The molecule has 0 spiro atoms. The van der Waals surface area contributed by atoms with Crippen LogP contribution in [-0.2, 0) is 6.42 Å². The summed E-state index contributed by atoms with van der Waals surface area (Å²) in [5.41, 5.74) is 1.91. The molecule has 0 saturated carbocycles. The topological polar surface area (TPSA) is 25.2 Å². The molecule has 2 aromatic carbocycles. The summed E-state index contributed by atoms with van der Waals surface area (Å²) in [4.78, 5) is 0. The van der Waals surface area contributed by atoms with E-state index in [9.17, 15) is 4.39 Å². The Bertz CT molecular complexity index is 768. The molecular formula is C17H15BrFNO. The van der Waals surface area contributed by atoms with Gasteiger partial charge in [0.25, 0.3) is 0 Å². The molecule has 108 valence electrons. The smallest absolute Gasteiger partial charge is 0.134 e. The van der Waals surface area contributed by atoms with Crippen LogP contribution in [0.4, 0.5) is 4.39 Å². The van der Waals surface area contributed by atoms with Crippen LogP contribution < -0.4 is 5.32 Å². The monoisotopic (exact) mass is 347 g/mol. The number of halogens is 2. The van der Waals surface area contributed by atoms with Gasteiger partial charge >= 0.3 is 0 Å². The third-order valence-corrected chi connectivity index (χ3v) is 4.01. The zero-order valence-electron chi connectivity index (χ0n) is 11.6. The van der Waals surface area contributed by atoms with Gasteiger partial charge < -0.3 is 9.73 Å². The van der Waals surface area contributed by atoms with Crippen molar-refractivity contribution in [2.24, 2.45) is 0 Å². The van der Waals surface area contributed by atoms with Crippen molar-refractivity contribution in [2.45, 2.75) is 12.5 Å². The van der Waals surface area contributed by atoms with E-state index < -0.39 is 0 Å². The average molecular weight is 348 g/mol. The number of fused-ring (bicyclic) bond motifs is 1. The standard InChI is InChI=1S/C17H15BrFNO/c1-20-15(8-11-3-2-4-13(18)7-11)17-10-12-9-14(19)5-6-16(12)21-17/h2-7,9-10,15,20H,8H2,1H3. The predicted octanol–water partition coefficient (Wildman–Crippen LogP) is 4.84. The van der Waals surface area contributed by atoms with E-state index in [0.29, 0.717) is 5.58 Å². The average Bonchev–Trinajstić information content (AvgIpc) is 2.87. The minimum atomic E-state index is -0.247. The molecule has 3 rings (SSSR count). The summed E-state index contributed by atoms with van der Waals surface area (Å²) in [5, 5.41) is 4.05. The van der Waals surface area contributed by atoms with E-state index in [1.165, 1.54) is 17.7 Å². The highest BCUT2D eigenvalue weighted by molar-refractivity contribution is 9.10. The zero-order chi connectivity index (χ0) is 14.8. The van der Waals surface area contributed by atoms with Crippen molar-refractivity contribution in [3.63, 3.8) is 0 Å². The largest absolute Gasteiger partial charge is 0.459 e. The lowest BCUT2D eigenvalue weighted by Crippen LogP contribution is -2.18. The highest BCUT2D eigenvalue weighted by Gasteiger charge is 2.15. The van der Waals surface area contributed by atoms with E-state index in [-0.39, 0.29) is 11.9 Å². The van der Waals surface area contributed by atoms with Crippen molar-refractivity contribution in [1.29, 1.82) is 0 Å². The van der Waals surface area contributed by atoms with Crippen LogP contribution in [0.3, 0.4) is 0 Å². The first-order valence-electron chi connectivity index (χ1n) is 6.76. The fourth-order valence-corrected chi connectivity index (χ4v) is 2.90. The van der Waals surface area contributed by atoms with Crippen molar-refractivity contribution in [1.82, 2.24) is 5.32 Å². The van der Waals surface area contributed by atoms with Gasteiger partial charge in [-0.15, -0.1) is 0 Å². The van der Waals surface area contributed by atoms with Gasteiger partial charge in [-0.2, -0.15) is 0 Å². The molecular weight excluding hydrogens is 333 g/mol. The molecule has 1 unspecified atom stereocenters. The SMILES string of the molecule is CNC(Cc1cccc(Br)c1)c1cc2cc(F)ccc2o1. The Morgan fingerprint density at radius 1 is 1.19 bits per heavy atom. The van der Waals surface area contributed by atoms with Gasteiger partial charge in [0.15, 0.2) is 0 Å². The lowest BCUT2D eigenvalue weighted by molar-refractivity contribution is 0.450. The van der Waals surface area contributed by atoms with Gasteiger partial charge in [0.2, 0.25) is 0 Å². The molecule has 0 fully saturated rings. The van der Waals surface area contributed by atoms with Crippen LogP contribution in [0, 0.1) is 5.82 Å². The van der Waals surface area contributed by atoms with Gasteiger partial charge in [0.05, 0.1) is 6.04 Å². The first-order valence-corrected chi connectivity index (χ1v) is 7.56. The molecule has 3 aromatic rings. The van der Waals surface area contributed by atoms with E-state index in [4.69, 9.17) is 4.42 Å². The quantitative estimate of drug-likeness (QED) is 0.730. The summed E-state index contributed by atoms with van der Waals surface area (Å²) in [5.74, 6) is 0.570. The second-order valence-corrected chi connectivity index (χ2v) is 5.92. The van der Waals surface area contributed by atoms with Crippen LogP contribution in [0.25, 0.3) is 11.0 Å². The highest BCUT2D eigenvalue weighted by atomic mass is 79.9. The number of hydrogen-bond donors (Lipinski definition) is 1. The fraction of sp³-hybridized carbons (Fsp3) is 0.176. The lowest BCUT2D eigenvalue weighted by atomic mass is 10.0. The molecule has 0 bridgehead atoms. The van der Waals surface area contributed by atoms with Gasteiger partial charge in [-0.1, -0.05) is 28.1 Å². The van der Waals surface area contributed by atoms with Gasteiger partial charge in [-0.25, -0.2) is 4.39 Å². The van der Waals surface area contributed by atoms with E-state index in [1.807, 2.05) is 25.2 Å². The molecule has 0 aliphatic carbocycles. The number of benzene rings is 2. The Kier molecular flexibility index (Phi) is 4.08. The Hall–Kier alpha value is -1.65. The van der Waals surface area contributed by atoms with Crippen molar-refractivity contribution in [3.8, 4) is 0 Å². The maximum absolute atomic E-state index is 13.3. The van der Waals surface area contributed by atoms with Crippen LogP contribution in [0.15, 0.2) is 57.4 Å². The summed E-state index contributed by atoms with van der Waals surface area (Å²) in [6, 6.07) is 14.7. The molecule has 1 heterocycles. The third-order valence-electron chi connectivity index (χ3n) is 3.52. The van der Waals surface area contributed by atoms with Crippen molar-refractivity contribution in [3.05, 3.63) is 70.1 Å². The fourth-order valence-electron chi connectivity index (χ4n) is 2.45. The molecule has 2 nitrogen and oxygen atoms in total. The number of furan rings is 1. The Morgan fingerprint density at radius 2 is 2.05 bits per heavy atom. The van der Waals surface area contributed by atoms with Crippen LogP contribution in [0.2, 0.25) is 0 Å². The summed E-state index contributed by atoms with van der Waals surface area (Å²) >= 11 is 3.48. The van der Waals surface area contributed by atoms with Crippen molar-refractivity contribution < 1.29 is 8.81 Å². The van der Waals surface area contributed by atoms with Gasteiger partial charge in [-0.3, -0.25) is 0 Å². The van der Waals surface area contributed by atoms with Crippen LogP contribution >= 0.6 is 15.9 Å². The summed E-state index contributed by atoms with van der Waals surface area (Å²) in [6.07, 6.45) is 0.804. The second kappa shape index (κ2) is 6.00. The van der Waals surface area contributed by atoms with Crippen LogP contribution in [-0.4, -0.2) is 7.05 Å². The lowest BCUT2D eigenvalue weighted by Gasteiger charge is -2.13. The summed E-state index contributed by atoms with van der Waals surface area (Å²) < 4.78 is 20.2. The molecule has 0 aliphatic rings. The summed E-state index contributed by atoms with van der Waals surface area (Å²) in [7, 11) is 1.90. The number of hydrogen-bond acceptors (Lipinski definition) is 2. The zero-order valence-corrected chi connectivity index (χ0v) is 13.2. The van der Waals surface area contributed by atoms with Crippen molar-refractivity contribution in [2.75, 3.05) is 7.05 Å². The minimum absolute atomic E-state index is 0.0507. The second-order valence-electron chi connectivity index (χ2n) is 5.01. The molecule has 4 heteroatoms.